The van der Waals surface area contributed by atoms with Gasteiger partial charge < -0.3 is 4.74 Å². The van der Waals surface area contributed by atoms with Gasteiger partial charge in [-0.05, 0) is 54.1 Å². The van der Waals surface area contributed by atoms with Crippen molar-refractivity contribution in [1.29, 1.82) is 0 Å². The molecule has 0 unspecified atom stereocenters. The zero-order valence-corrected chi connectivity index (χ0v) is 17.3. The number of rotatable bonds is 6. The Hall–Kier alpha value is -2.51. The van der Waals surface area contributed by atoms with Crippen LogP contribution in [0.15, 0.2) is 81.0 Å². The van der Waals surface area contributed by atoms with Crippen LogP contribution in [0.5, 0.6) is 5.75 Å². The lowest BCUT2D eigenvalue weighted by molar-refractivity contribution is 0.0955. The van der Waals surface area contributed by atoms with Crippen LogP contribution in [-0.2, 0) is 6.61 Å². The summed E-state index contributed by atoms with van der Waals surface area (Å²) in [5.74, 6) is 0.445. The molecule has 1 heterocycles. The number of hydrazone groups is 1. The van der Waals surface area contributed by atoms with Crippen LogP contribution in [0.4, 0.5) is 0 Å². The van der Waals surface area contributed by atoms with Crippen LogP contribution in [0.2, 0.25) is 0 Å². The first-order chi connectivity index (χ1) is 13.1. The molecule has 7 heteroatoms. The van der Waals surface area contributed by atoms with Crippen molar-refractivity contribution < 1.29 is 9.53 Å². The smallest absolute Gasteiger partial charge is 0.272 e. The van der Waals surface area contributed by atoms with Crippen LogP contribution in [-0.4, -0.2) is 17.1 Å². The van der Waals surface area contributed by atoms with Crippen LogP contribution in [0.25, 0.3) is 0 Å². The van der Waals surface area contributed by atoms with Crippen molar-refractivity contribution in [3.8, 4) is 5.75 Å². The standard InChI is InChI=1S/C20H15Br2N3O2/c21-17-6-5-16(19(22)10-17)13-27-18-7-3-14(4-8-18)11-24-25-20(26)15-2-1-9-23-12-15/h1-12H,13H2,(H,25,26)/b24-11-. The van der Waals surface area contributed by atoms with Crippen LogP contribution < -0.4 is 10.2 Å². The summed E-state index contributed by atoms with van der Waals surface area (Å²) >= 11 is 6.95. The Morgan fingerprint density at radius 3 is 2.67 bits per heavy atom. The minimum Gasteiger partial charge on any atom is -0.489 e. The largest absolute Gasteiger partial charge is 0.489 e. The zero-order valence-electron chi connectivity index (χ0n) is 14.1. The fourth-order valence-corrected chi connectivity index (χ4v) is 3.34. The first kappa shape index (κ1) is 19.3. The number of nitrogens with one attached hydrogen (secondary N) is 1. The molecule has 0 aliphatic carbocycles. The van der Waals surface area contributed by atoms with Gasteiger partial charge in [0.15, 0.2) is 0 Å². The first-order valence-electron chi connectivity index (χ1n) is 8.02. The molecule has 1 N–H and O–H groups in total. The molecule has 0 radical (unpaired) electrons. The maximum absolute atomic E-state index is 11.9. The minimum absolute atomic E-state index is 0.306. The summed E-state index contributed by atoms with van der Waals surface area (Å²) in [6, 6.07) is 16.8. The number of nitrogens with zero attached hydrogens (tertiary/aromatic N) is 2. The van der Waals surface area contributed by atoms with Gasteiger partial charge in [-0.25, -0.2) is 5.43 Å². The van der Waals surface area contributed by atoms with E-state index in [1.54, 1.807) is 24.5 Å². The van der Waals surface area contributed by atoms with E-state index in [-0.39, 0.29) is 5.91 Å². The number of carbonyl (C=O) groups is 1. The van der Waals surface area contributed by atoms with Gasteiger partial charge in [-0.3, -0.25) is 9.78 Å². The van der Waals surface area contributed by atoms with Gasteiger partial charge in [0.1, 0.15) is 12.4 Å². The third kappa shape index (κ3) is 5.74. The quantitative estimate of drug-likeness (QED) is 0.394. The van der Waals surface area contributed by atoms with Crippen LogP contribution in [0.3, 0.4) is 0 Å². The number of hydrogen-bond acceptors (Lipinski definition) is 4. The molecule has 136 valence electrons. The second-order valence-electron chi connectivity index (χ2n) is 5.53. The molecule has 0 aliphatic rings. The van der Waals surface area contributed by atoms with Gasteiger partial charge in [0.2, 0.25) is 0 Å². The number of halogens is 2. The molecular formula is C20H15Br2N3O2. The lowest BCUT2D eigenvalue weighted by Crippen LogP contribution is -2.17. The highest BCUT2D eigenvalue weighted by atomic mass is 79.9. The van der Waals surface area contributed by atoms with E-state index in [2.05, 4.69) is 47.4 Å². The molecular weight excluding hydrogens is 474 g/mol. The highest BCUT2D eigenvalue weighted by Crippen LogP contribution is 2.23. The van der Waals surface area contributed by atoms with E-state index >= 15 is 0 Å². The summed E-state index contributed by atoms with van der Waals surface area (Å²) in [7, 11) is 0. The van der Waals surface area contributed by atoms with E-state index in [1.165, 1.54) is 6.20 Å². The Labute approximate surface area is 173 Å². The van der Waals surface area contributed by atoms with Gasteiger partial charge in [-0.2, -0.15) is 5.10 Å². The van der Waals surface area contributed by atoms with Crippen LogP contribution >= 0.6 is 31.9 Å². The second-order valence-corrected chi connectivity index (χ2v) is 7.30. The molecule has 3 rings (SSSR count). The molecule has 3 aromatic rings. The monoisotopic (exact) mass is 487 g/mol. The third-order valence-corrected chi connectivity index (χ3v) is 4.82. The fraction of sp³-hybridized carbons (Fsp3) is 0.0500. The van der Waals surface area contributed by atoms with Crippen molar-refractivity contribution in [2.24, 2.45) is 5.10 Å². The number of aromatic nitrogens is 1. The summed E-state index contributed by atoms with van der Waals surface area (Å²) < 4.78 is 7.80. The number of ether oxygens (including phenoxy) is 1. The SMILES string of the molecule is O=C(N/N=C\c1ccc(OCc2ccc(Br)cc2Br)cc1)c1cccnc1. The number of hydrogen-bond donors (Lipinski definition) is 1. The third-order valence-electron chi connectivity index (χ3n) is 3.59. The van der Waals surface area contributed by atoms with Gasteiger partial charge >= 0.3 is 0 Å². The number of pyridine rings is 1. The molecule has 0 saturated carbocycles. The molecule has 5 nitrogen and oxygen atoms in total. The zero-order chi connectivity index (χ0) is 19.1. The van der Waals surface area contributed by atoms with Gasteiger partial charge in [0.05, 0.1) is 11.8 Å². The van der Waals surface area contributed by atoms with Crippen molar-refractivity contribution in [2.45, 2.75) is 6.61 Å². The lowest BCUT2D eigenvalue weighted by Gasteiger charge is -2.08. The molecule has 0 atom stereocenters. The van der Waals surface area contributed by atoms with E-state index < -0.39 is 0 Å². The highest BCUT2D eigenvalue weighted by molar-refractivity contribution is 9.11. The number of benzene rings is 2. The highest BCUT2D eigenvalue weighted by Gasteiger charge is 2.03. The van der Waals surface area contributed by atoms with Gasteiger partial charge in [-0.15, -0.1) is 0 Å². The normalized spacial score (nSPS) is 10.7. The summed E-state index contributed by atoms with van der Waals surface area (Å²) in [6.45, 7) is 0.461. The van der Waals surface area contributed by atoms with Gasteiger partial charge in [-0.1, -0.05) is 37.9 Å². The molecule has 0 spiro atoms. The van der Waals surface area contributed by atoms with Crippen molar-refractivity contribution in [3.63, 3.8) is 0 Å². The van der Waals surface area contributed by atoms with E-state index in [0.717, 1.165) is 25.8 Å². The summed E-state index contributed by atoms with van der Waals surface area (Å²) in [5, 5.41) is 3.96. The second kappa shape index (κ2) is 9.43. The molecule has 0 saturated heterocycles. The van der Waals surface area contributed by atoms with Gasteiger partial charge in [0, 0.05) is 26.9 Å². The Balaban J connectivity index is 1.53. The van der Waals surface area contributed by atoms with E-state index in [9.17, 15) is 4.79 Å². The average molecular weight is 489 g/mol. The summed E-state index contributed by atoms with van der Waals surface area (Å²) in [6.07, 6.45) is 4.67. The van der Waals surface area contributed by atoms with E-state index in [1.807, 2.05) is 42.5 Å². The van der Waals surface area contributed by atoms with Crippen molar-refractivity contribution in [1.82, 2.24) is 10.4 Å². The van der Waals surface area contributed by atoms with Crippen LogP contribution in [0.1, 0.15) is 21.5 Å². The maximum atomic E-state index is 11.9. The molecule has 2 aromatic carbocycles. The lowest BCUT2D eigenvalue weighted by atomic mass is 10.2. The minimum atomic E-state index is -0.306. The Morgan fingerprint density at radius 1 is 1.15 bits per heavy atom. The molecule has 0 aliphatic heterocycles. The topological polar surface area (TPSA) is 63.6 Å². The summed E-state index contributed by atoms with van der Waals surface area (Å²) in [5.41, 5.74) is 4.83. The predicted molar refractivity (Wildman–Crippen MR) is 112 cm³/mol. The molecule has 0 fully saturated rings. The molecule has 1 aromatic heterocycles. The number of carbonyl (C=O) groups excluding carboxylic acids is 1. The van der Waals surface area contributed by atoms with Crippen LogP contribution in [0, 0.1) is 0 Å². The predicted octanol–water partition coefficient (Wildman–Crippen LogP) is 4.95. The summed E-state index contributed by atoms with van der Waals surface area (Å²) in [4.78, 5) is 15.8. The molecule has 0 bridgehead atoms. The average Bonchev–Trinajstić information content (AvgIpc) is 2.69. The van der Waals surface area contributed by atoms with Gasteiger partial charge in [0.25, 0.3) is 5.91 Å². The number of amides is 1. The Kier molecular flexibility index (Phi) is 6.73. The Bertz CT molecular complexity index is 945. The first-order valence-corrected chi connectivity index (χ1v) is 9.60. The molecule has 1 amide bonds. The Morgan fingerprint density at radius 2 is 1.96 bits per heavy atom. The molecule has 27 heavy (non-hydrogen) atoms. The van der Waals surface area contributed by atoms with Crippen molar-refractivity contribution >= 4 is 44.0 Å². The maximum Gasteiger partial charge on any atom is 0.272 e. The van der Waals surface area contributed by atoms with Crippen molar-refractivity contribution in [2.75, 3.05) is 0 Å². The van der Waals surface area contributed by atoms with E-state index in [4.69, 9.17) is 4.74 Å². The fourth-order valence-electron chi connectivity index (χ4n) is 2.18. The van der Waals surface area contributed by atoms with E-state index in [0.29, 0.717) is 12.2 Å². The van der Waals surface area contributed by atoms with Crippen molar-refractivity contribution in [3.05, 3.63) is 92.6 Å².